The zero-order valence-corrected chi connectivity index (χ0v) is 11.4. The van der Waals surface area contributed by atoms with Crippen molar-refractivity contribution >= 4 is 46.8 Å². The lowest BCUT2D eigenvalue weighted by atomic mass is 9.74. The Kier molecular flexibility index (Phi) is 5.26. The first-order valence-corrected chi connectivity index (χ1v) is 7.94. The largest absolute Gasteiger partial charge is 0.489 e. The number of benzene rings is 1. The molecule has 1 aromatic carbocycles. The Balaban J connectivity index is 3.60. The Hall–Kier alpha value is -0.510. The van der Waals surface area contributed by atoms with Crippen LogP contribution in [0.25, 0.3) is 0 Å². The maximum absolute atomic E-state index is 11.5. The minimum absolute atomic E-state index is 0.0577. The van der Waals surface area contributed by atoms with Gasteiger partial charge in [0.15, 0.2) is 0 Å². The standard InChI is InChI=1S/C8H12B2O6S2/c1-17(15)7-3-6(10(13)14)8(18(2)16)4-5(7)9(11)12/h3-4,11-14H,1-2H3. The van der Waals surface area contributed by atoms with E-state index in [0.717, 1.165) is 12.1 Å². The second-order valence-electron chi connectivity index (χ2n) is 3.58. The molecule has 10 heteroatoms. The van der Waals surface area contributed by atoms with E-state index in [4.69, 9.17) is 0 Å². The normalized spacial score (nSPS) is 14.1. The van der Waals surface area contributed by atoms with Gasteiger partial charge in [0.1, 0.15) is 0 Å². The van der Waals surface area contributed by atoms with Crippen molar-refractivity contribution in [3.8, 4) is 0 Å². The van der Waals surface area contributed by atoms with Crippen LogP contribution in [-0.4, -0.2) is 55.3 Å². The summed E-state index contributed by atoms with van der Waals surface area (Å²) in [6, 6.07) is 2.32. The molecule has 0 radical (unpaired) electrons. The van der Waals surface area contributed by atoms with Crippen LogP contribution < -0.4 is 10.9 Å². The SMILES string of the molecule is CS(=O)c1cc(B(O)O)c(S(C)=O)cc1B(O)O. The van der Waals surface area contributed by atoms with E-state index in [1.807, 2.05) is 0 Å². The fourth-order valence-corrected chi connectivity index (χ4v) is 3.07. The van der Waals surface area contributed by atoms with Crippen LogP contribution in [0.4, 0.5) is 0 Å². The zero-order chi connectivity index (χ0) is 14.0. The molecule has 1 rings (SSSR count). The summed E-state index contributed by atoms with van der Waals surface area (Å²) in [4.78, 5) is 0.115. The smallest absolute Gasteiger partial charge is 0.423 e. The van der Waals surface area contributed by atoms with Gasteiger partial charge in [-0.1, -0.05) is 0 Å². The van der Waals surface area contributed by atoms with Crippen molar-refractivity contribution in [2.24, 2.45) is 0 Å². The zero-order valence-electron chi connectivity index (χ0n) is 9.73. The van der Waals surface area contributed by atoms with E-state index in [-0.39, 0.29) is 20.7 Å². The third-order valence-corrected chi connectivity index (χ3v) is 4.26. The second-order valence-corrected chi connectivity index (χ2v) is 6.28. The summed E-state index contributed by atoms with van der Waals surface area (Å²) in [5, 5.41) is 36.7. The quantitative estimate of drug-likeness (QED) is 0.428. The Morgan fingerprint density at radius 2 is 1.11 bits per heavy atom. The van der Waals surface area contributed by atoms with Crippen LogP contribution in [0.3, 0.4) is 0 Å². The molecule has 18 heavy (non-hydrogen) atoms. The summed E-state index contributed by atoms with van der Waals surface area (Å²) in [6.07, 6.45) is 2.63. The molecule has 0 amide bonds. The second kappa shape index (κ2) is 6.09. The Morgan fingerprint density at radius 1 is 0.833 bits per heavy atom. The Morgan fingerprint density at radius 3 is 1.28 bits per heavy atom. The molecule has 0 heterocycles. The number of hydrogen-bond donors (Lipinski definition) is 4. The average Bonchev–Trinajstić information content (AvgIpc) is 2.26. The van der Waals surface area contributed by atoms with E-state index in [1.54, 1.807) is 0 Å². The molecule has 4 N–H and O–H groups in total. The van der Waals surface area contributed by atoms with E-state index in [1.165, 1.54) is 12.5 Å². The van der Waals surface area contributed by atoms with Crippen molar-refractivity contribution in [1.29, 1.82) is 0 Å². The molecule has 0 saturated carbocycles. The lowest BCUT2D eigenvalue weighted by Crippen LogP contribution is -2.40. The molecule has 0 fully saturated rings. The minimum atomic E-state index is -1.88. The fraction of sp³-hybridized carbons (Fsp3) is 0.250. The highest BCUT2D eigenvalue weighted by atomic mass is 32.2. The molecule has 1 aromatic rings. The van der Waals surface area contributed by atoms with Gasteiger partial charge in [-0.05, 0) is 23.1 Å². The highest BCUT2D eigenvalue weighted by molar-refractivity contribution is 7.85. The third kappa shape index (κ3) is 3.28. The summed E-state index contributed by atoms with van der Waals surface area (Å²) in [5.41, 5.74) is -0.129. The molecular weight excluding hydrogens is 278 g/mol. The Bertz CT molecular complexity index is 459. The summed E-state index contributed by atoms with van der Waals surface area (Å²) < 4.78 is 23.0. The van der Waals surface area contributed by atoms with Gasteiger partial charge in [0, 0.05) is 43.9 Å². The van der Waals surface area contributed by atoms with E-state index in [2.05, 4.69) is 0 Å². The predicted octanol–water partition coefficient (Wildman–Crippen LogP) is -3.48. The Labute approximate surface area is 110 Å². The predicted molar refractivity (Wildman–Crippen MR) is 70.8 cm³/mol. The summed E-state index contributed by atoms with van der Waals surface area (Å²) in [7, 11) is -6.86. The van der Waals surface area contributed by atoms with Gasteiger partial charge in [-0.15, -0.1) is 0 Å². The fourth-order valence-electron chi connectivity index (χ4n) is 1.49. The van der Waals surface area contributed by atoms with Gasteiger partial charge >= 0.3 is 14.2 Å². The third-order valence-electron chi connectivity index (χ3n) is 2.32. The lowest BCUT2D eigenvalue weighted by Gasteiger charge is -2.13. The molecule has 0 spiro atoms. The van der Waals surface area contributed by atoms with Crippen LogP contribution in [0.15, 0.2) is 21.9 Å². The molecule has 0 aromatic heterocycles. The van der Waals surface area contributed by atoms with Crippen molar-refractivity contribution in [2.75, 3.05) is 12.5 Å². The highest BCUT2D eigenvalue weighted by Crippen LogP contribution is 2.08. The molecular formula is C8H12B2O6S2. The average molecular weight is 290 g/mol. The molecule has 2 atom stereocenters. The van der Waals surface area contributed by atoms with Gasteiger partial charge in [0.05, 0.1) is 0 Å². The molecule has 0 saturated heterocycles. The minimum Gasteiger partial charge on any atom is -0.423 e. The topological polar surface area (TPSA) is 115 Å². The molecule has 0 aliphatic carbocycles. The van der Waals surface area contributed by atoms with Gasteiger partial charge in [0.25, 0.3) is 0 Å². The number of hydrogen-bond acceptors (Lipinski definition) is 6. The van der Waals surface area contributed by atoms with Crippen molar-refractivity contribution < 1.29 is 28.5 Å². The van der Waals surface area contributed by atoms with Gasteiger partial charge in [-0.2, -0.15) is 0 Å². The molecule has 0 aliphatic rings. The van der Waals surface area contributed by atoms with Crippen LogP contribution >= 0.6 is 0 Å². The number of rotatable bonds is 4. The first-order valence-electron chi connectivity index (χ1n) is 4.82. The monoisotopic (exact) mass is 290 g/mol. The van der Waals surface area contributed by atoms with Crippen LogP contribution in [0, 0.1) is 0 Å². The van der Waals surface area contributed by atoms with E-state index >= 15 is 0 Å². The first-order chi connectivity index (χ1) is 8.25. The highest BCUT2D eigenvalue weighted by Gasteiger charge is 2.26. The molecule has 98 valence electrons. The van der Waals surface area contributed by atoms with Gasteiger partial charge in [0.2, 0.25) is 0 Å². The van der Waals surface area contributed by atoms with Gasteiger partial charge < -0.3 is 20.1 Å². The van der Waals surface area contributed by atoms with Crippen LogP contribution in [0.2, 0.25) is 0 Å². The van der Waals surface area contributed by atoms with Crippen LogP contribution in [-0.2, 0) is 21.6 Å². The van der Waals surface area contributed by atoms with Crippen LogP contribution in [0.1, 0.15) is 0 Å². The lowest BCUT2D eigenvalue weighted by molar-refractivity contribution is 0.422. The van der Waals surface area contributed by atoms with E-state index in [9.17, 15) is 28.5 Å². The molecule has 0 bridgehead atoms. The maximum Gasteiger partial charge on any atom is 0.489 e. The molecule has 0 aliphatic heterocycles. The van der Waals surface area contributed by atoms with E-state index in [0.29, 0.717) is 0 Å². The maximum atomic E-state index is 11.5. The summed E-state index contributed by atoms with van der Waals surface area (Å²) >= 11 is 0. The van der Waals surface area contributed by atoms with Crippen LogP contribution in [0.5, 0.6) is 0 Å². The molecule has 2 unspecified atom stereocenters. The molecule has 6 nitrogen and oxygen atoms in total. The van der Waals surface area contributed by atoms with Crippen molar-refractivity contribution in [3.05, 3.63) is 12.1 Å². The summed E-state index contributed by atoms with van der Waals surface area (Å²) in [5.74, 6) is 0. The van der Waals surface area contributed by atoms with E-state index < -0.39 is 35.8 Å². The van der Waals surface area contributed by atoms with Crippen molar-refractivity contribution in [2.45, 2.75) is 9.79 Å². The van der Waals surface area contributed by atoms with Crippen molar-refractivity contribution in [3.63, 3.8) is 0 Å². The van der Waals surface area contributed by atoms with Gasteiger partial charge in [-0.3, -0.25) is 8.42 Å². The first kappa shape index (κ1) is 15.5. The van der Waals surface area contributed by atoms with Gasteiger partial charge in [-0.25, -0.2) is 0 Å². The van der Waals surface area contributed by atoms with Crippen molar-refractivity contribution in [1.82, 2.24) is 0 Å². The summed E-state index contributed by atoms with van der Waals surface area (Å²) in [6.45, 7) is 0.